The molecule has 0 amide bonds. The molecule has 0 fully saturated rings. The number of hydrogen-bond acceptors (Lipinski definition) is 3. The summed E-state index contributed by atoms with van der Waals surface area (Å²) < 4.78 is 1.71. The van der Waals surface area contributed by atoms with Crippen molar-refractivity contribution in [3.8, 4) is 5.69 Å². The Balaban J connectivity index is 2.46. The van der Waals surface area contributed by atoms with Crippen molar-refractivity contribution < 1.29 is 0 Å². The van der Waals surface area contributed by atoms with Gasteiger partial charge in [-0.2, -0.15) is 4.68 Å². The molecule has 1 aromatic heterocycles. The number of nitrogens with zero attached hydrogens (tertiary/aromatic N) is 4. The number of para-hydroxylation sites is 1. The molecule has 0 radical (unpaired) electrons. The molecule has 0 saturated carbocycles. The highest BCUT2D eigenvalue weighted by molar-refractivity contribution is 6.16. The molecule has 0 spiro atoms. The highest BCUT2D eigenvalue weighted by Crippen LogP contribution is 2.16. The van der Waals surface area contributed by atoms with Crippen molar-refractivity contribution >= 4 is 11.6 Å². The molecule has 16 heavy (non-hydrogen) atoms. The summed E-state index contributed by atoms with van der Waals surface area (Å²) in [5.74, 6) is 0.984. The molecule has 0 N–H and O–H groups in total. The minimum Gasteiger partial charge on any atom is -0.196 e. The average Bonchev–Trinajstić information content (AvgIpc) is 2.78. The van der Waals surface area contributed by atoms with E-state index < -0.39 is 0 Å². The molecule has 0 unspecified atom stereocenters. The molecular formula is C11H13ClN4. The molecule has 0 atom stereocenters. The molecule has 2 aromatic rings. The van der Waals surface area contributed by atoms with Gasteiger partial charge in [0.05, 0.1) is 11.6 Å². The zero-order valence-corrected chi connectivity index (χ0v) is 9.85. The van der Waals surface area contributed by atoms with E-state index in [1.54, 1.807) is 4.68 Å². The van der Waals surface area contributed by atoms with Gasteiger partial charge >= 0.3 is 0 Å². The van der Waals surface area contributed by atoms with E-state index in [1.165, 1.54) is 5.56 Å². The van der Waals surface area contributed by atoms with Crippen LogP contribution in [0.1, 0.15) is 24.7 Å². The van der Waals surface area contributed by atoms with Gasteiger partial charge in [-0.05, 0) is 28.5 Å². The van der Waals surface area contributed by atoms with Crippen molar-refractivity contribution in [2.24, 2.45) is 0 Å². The van der Waals surface area contributed by atoms with E-state index in [0.29, 0.717) is 11.7 Å². The molecule has 1 heterocycles. The lowest BCUT2D eigenvalue weighted by Crippen LogP contribution is -2.05. The number of aromatic nitrogens is 4. The van der Waals surface area contributed by atoms with Gasteiger partial charge in [0, 0.05) is 0 Å². The summed E-state index contributed by atoms with van der Waals surface area (Å²) in [5, 5.41) is 11.5. The molecule has 4 nitrogen and oxygen atoms in total. The van der Waals surface area contributed by atoms with E-state index in [2.05, 4.69) is 28.5 Å². The predicted molar refractivity (Wildman–Crippen MR) is 62.7 cm³/mol. The Hall–Kier alpha value is -1.42. The highest BCUT2D eigenvalue weighted by Gasteiger charge is 2.09. The second-order valence-corrected chi connectivity index (χ2v) is 3.79. The van der Waals surface area contributed by atoms with Crippen LogP contribution in [-0.2, 0) is 12.3 Å². The Kier molecular flexibility index (Phi) is 3.51. The zero-order valence-electron chi connectivity index (χ0n) is 9.10. The molecule has 1 aromatic carbocycles. The van der Waals surface area contributed by atoms with Crippen LogP contribution in [0.2, 0.25) is 0 Å². The van der Waals surface area contributed by atoms with Gasteiger partial charge < -0.3 is 0 Å². The Bertz CT molecular complexity index is 467. The third kappa shape index (κ3) is 2.07. The van der Waals surface area contributed by atoms with Gasteiger partial charge in [-0.25, -0.2) is 0 Å². The standard InChI is InChI=1S/C11H13ClN4/c1-2-5-9-6-3-4-7-10(9)16-11(8-12)13-14-15-16/h3-4,6-7H,2,5,8H2,1H3. The van der Waals surface area contributed by atoms with E-state index in [4.69, 9.17) is 11.6 Å². The Labute approximate surface area is 99.2 Å². The van der Waals surface area contributed by atoms with Crippen LogP contribution in [0.4, 0.5) is 0 Å². The molecule has 0 bridgehead atoms. The Morgan fingerprint density at radius 2 is 2.12 bits per heavy atom. The average molecular weight is 237 g/mol. The second kappa shape index (κ2) is 5.07. The van der Waals surface area contributed by atoms with E-state index >= 15 is 0 Å². The molecule has 5 heteroatoms. The molecule has 0 aliphatic heterocycles. The van der Waals surface area contributed by atoms with Crippen molar-refractivity contribution in [1.29, 1.82) is 0 Å². The van der Waals surface area contributed by atoms with Crippen LogP contribution >= 0.6 is 11.6 Å². The molecular weight excluding hydrogens is 224 g/mol. The van der Waals surface area contributed by atoms with E-state index in [-0.39, 0.29) is 0 Å². The third-order valence-corrected chi connectivity index (χ3v) is 2.63. The van der Waals surface area contributed by atoms with Crippen molar-refractivity contribution in [2.45, 2.75) is 25.6 Å². The van der Waals surface area contributed by atoms with Crippen LogP contribution in [0, 0.1) is 0 Å². The van der Waals surface area contributed by atoms with E-state index in [9.17, 15) is 0 Å². The van der Waals surface area contributed by atoms with Gasteiger partial charge in [-0.3, -0.25) is 0 Å². The van der Waals surface area contributed by atoms with Gasteiger partial charge in [0.25, 0.3) is 0 Å². The first kappa shape index (κ1) is 11.1. The first-order valence-electron chi connectivity index (χ1n) is 5.28. The Morgan fingerprint density at radius 3 is 2.88 bits per heavy atom. The maximum atomic E-state index is 5.79. The maximum Gasteiger partial charge on any atom is 0.171 e. The molecule has 84 valence electrons. The minimum atomic E-state index is 0.313. The topological polar surface area (TPSA) is 43.6 Å². The van der Waals surface area contributed by atoms with Crippen molar-refractivity contribution in [3.63, 3.8) is 0 Å². The lowest BCUT2D eigenvalue weighted by molar-refractivity contribution is 0.763. The molecule has 0 aliphatic rings. The normalized spacial score (nSPS) is 10.6. The quantitative estimate of drug-likeness (QED) is 0.766. The Morgan fingerprint density at radius 1 is 1.31 bits per heavy atom. The van der Waals surface area contributed by atoms with Crippen molar-refractivity contribution in [3.05, 3.63) is 35.7 Å². The van der Waals surface area contributed by atoms with Gasteiger partial charge in [0.2, 0.25) is 0 Å². The number of hydrogen-bond donors (Lipinski definition) is 0. The van der Waals surface area contributed by atoms with Crippen LogP contribution in [0.5, 0.6) is 0 Å². The van der Waals surface area contributed by atoms with Gasteiger partial charge in [0.1, 0.15) is 0 Å². The SMILES string of the molecule is CCCc1ccccc1-n1nnnc1CCl. The van der Waals surface area contributed by atoms with Crippen LogP contribution < -0.4 is 0 Å². The summed E-state index contributed by atoms with van der Waals surface area (Å²) in [5.41, 5.74) is 2.26. The first-order chi connectivity index (χ1) is 7.86. The largest absolute Gasteiger partial charge is 0.196 e. The van der Waals surface area contributed by atoms with E-state index in [1.807, 2.05) is 18.2 Å². The van der Waals surface area contributed by atoms with Crippen molar-refractivity contribution in [2.75, 3.05) is 0 Å². The monoisotopic (exact) mass is 236 g/mol. The maximum absolute atomic E-state index is 5.79. The minimum absolute atomic E-state index is 0.313. The first-order valence-corrected chi connectivity index (χ1v) is 5.81. The van der Waals surface area contributed by atoms with Crippen LogP contribution in [0.25, 0.3) is 5.69 Å². The van der Waals surface area contributed by atoms with Crippen molar-refractivity contribution in [1.82, 2.24) is 20.2 Å². The van der Waals surface area contributed by atoms with Gasteiger partial charge in [-0.15, -0.1) is 16.7 Å². The summed E-state index contributed by atoms with van der Waals surface area (Å²) in [6, 6.07) is 8.11. The van der Waals surface area contributed by atoms with E-state index in [0.717, 1.165) is 18.5 Å². The van der Waals surface area contributed by atoms with Crippen LogP contribution in [0.15, 0.2) is 24.3 Å². The summed E-state index contributed by atoms with van der Waals surface area (Å²) >= 11 is 5.79. The smallest absolute Gasteiger partial charge is 0.171 e. The lowest BCUT2D eigenvalue weighted by atomic mass is 10.1. The molecule has 2 rings (SSSR count). The lowest BCUT2D eigenvalue weighted by Gasteiger charge is -2.08. The third-order valence-electron chi connectivity index (χ3n) is 2.39. The fourth-order valence-corrected chi connectivity index (χ4v) is 1.84. The highest BCUT2D eigenvalue weighted by atomic mass is 35.5. The van der Waals surface area contributed by atoms with Gasteiger partial charge in [0.15, 0.2) is 5.82 Å². The number of halogens is 1. The summed E-state index contributed by atoms with van der Waals surface area (Å²) in [4.78, 5) is 0. The number of benzene rings is 1. The molecule has 0 saturated heterocycles. The second-order valence-electron chi connectivity index (χ2n) is 3.52. The number of tetrazole rings is 1. The number of aryl methyl sites for hydroxylation is 1. The van der Waals surface area contributed by atoms with Crippen LogP contribution in [0.3, 0.4) is 0 Å². The summed E-state index contributed by atoms with van der Waals surface area (Å²) in [7, 11) is 0. The fraction of sp³-hybridized carbons (Fsp3) is 0.364. The number of alkyl halides is 1. The number of rotatable bonds is 4. The van der Waals surface area contributed by atoms with Gasteiger partial charge in [-0.1, -0.05) is 31.5 Å². The fourth-order valence-electron chi connectivity index (χ4n) is 1.67. The summed E-state index contributed by atoms with van der Waals surface area (Å²) in [6.07, 6.45) is 2.10. The molecule has 0 aliphatic carbocycles. The predicted octanol–water partition coefficient (Wildman–Crippen LogP) is 2.35. The van der Waals surface area contributed by atoms with Crippen LogP contribution in [-0.4, -0.2) is 20.2 Å². The zero-order chi connectivity index (χ0) is 11.4. The summed E-state index contributed by atoms with van der Waals surface area (Å²) in [6.45, 7) is 2.15.